The number of halogens is 3. The van der Waals surface area contributed by atoms with E-state index in [0.29, 0.717) is 0 Å². The van der Waals surface area contributed by atoms with Gasteiger partial charge in [-0.25, -0.2) is 0 Å². The number of hydrogen-bond acceptors (Lipinski definition) is 3. The summed E-state index contributed by atoms with van der Waals surface area (Å²) in [5.41, 5.74) is 0. The van der Waals surface area contributed by atoms with E-state index >= 15 is 0 Å². The Morgan fingerprint density at radius 3 is 1.71 bits per heavy atom. The first kappa shape index (κ1) is 14.5. The Labute approximate surface area is 98.1 Å². The molecule has 0 aliphatic heterocycles. The van der Waals surface area contributed by atoms with E-state index < -0.39 is 11.1 Å². The van der Waals surface area contributed by atoms with Gasteiger partial charge in [0, 0.05) is 0 Å². The van der Waals surface area contributed by atoms with Gasteiger partial charge >= 0.3 is 7.60 Å². The van der Waals surface area contributed by atoms with Crippen molar-refractivity contribution in [3.8, 4) is 0 Å². The zero-order chi connectivity index (χ0) is 11.2. The van der Waals surface area contributed by atoms with Gasteiger partial charge in [-0.2, -0.15) is 0 Å². The molecule has 0 unspecified atom stereocenters. The molecule has 0 atom stereocenters. The van der Waals surface area contributed by atoms with Gasteiger partial charge in [0.25, 0.3) is 3.53 Å². The van der Waals surface area contributed by atoms with Crippen molar-refractivity contribution in [2.75, 3.05) is 13.2 Å². The highest BCUT2D eigenvalue weighted by atomic mass is 35.6. The van der Waals surface area contributed by atoms with Gasteiger partial charge < -0.3 is 9.05 Å². The Kier molecular flexibility index (Phi) is 6.38. The highest BCUT2D eigenvalue weighted by Crippen LogP contribution is 2.66. The second-order valence-electron chi connectivity index (χ2n) is 2.13. The number of rotatable bonds is 6. The molecule has 14 heavy (non-hydrogen) atoms. The van der Waals surface area contributed by atoms with Crippen molar-refractivity contribution >= 4 is 42.4 Å². The molecular formula is C7H10Cl3O3P. The Balaban J connectivity index is 4.58. The van der Waals surface area contributed by atoms with Crippen molar-refractivity contribution in [3.63, 3.8) is 0 Å². The molecule has 0 rings (SSSR count). The molecule has 0 aromatic heterocycles. The van der Waals surface area contributed by atoms with Crippen molar-refractivity contribution in [2.45, 2.75) is 3.53 Å². The van der Waals surface area contributed by atoms with E-state index in [9.17, 15) is 4.57 Å². The predicted molar refractivity (Wildman–Crippen MR) is 60.2 cm³/mol. The maximum absolute atomic E-state index is 11.8. The Morgan fingerprint density at radius 1 is 1.14 bits per heavy atom. The summed E-state index contributed by atoms with van der Waals surface area (Å²) in [5.74, 6) is 0. The van der Waals surface area contributed by atoms with Gasteiger partial charge in [0.1, 0.15) is 0 Å². The average Bonchev–Trinajstić information content (AvgIpc) is 2.09. The fourth-order valence-corrected chi connectivity index (χ4v) is 2.33. The van der Waals surface area contributed by atoms with Crippen molar-refractivity contribution < 1.29 is 13.6 Å². The normalized spacial score (nSPS) is 12.5. The maximum atomic E-state index is 11.8. The van der Waals surface area contributed by atoms with Crippen molar-refractivity contribution in [1.82, 2.24) is 0 Å². The highest BCUT2D eigenvalue weighted by molar-refractivity contribution is 7.62. The average molecular weight is 279 g/mol. The fourth-order valence-electron chi connectivity index (χ4n) is 0.485. The molecular weight excluding hydrogens is 269 g/mol. The van der Waals surface area contributed by atoms with Gasteiger partial charge in [0.2, 0.25) is 0 Å². The van der Waals surface area contributed by atoms with Crippen LogP contribution in [0.2, 0.25) is 0 Å². The molecule has 0 aliphatic rings. The SMILES string of the molecule is C=CCOP(=O)(OCC=C)C(Cl)(Cl)Cl. The standard InChI is InChI=1S/C7H10Cl3O3P/c1-3-5-12-14(11,7(8,9)10)13-6-4-2/h3-4H,1-2,5-6H2. The first-order valence-electron chi connectivity index (χ1n) is 3.55. The third-order valence-electron chi connectivity index (χ3n) is 1.04. The second-order valence-corrected chi connectivity index (χ2v) is 7.39. The van der Waals surface area contributed by atoms with E-state index in [-0.39, 0.29) is 13.2 Å². The summed E-state index contributed by atoms with van der Waals surface area (Å²) >= 11 is 16.4. The summed E-state index contributed by atoms with van der Waals surface area (Å²) in [6, 6.07) is 0. The molecule has 0 aromatic rings. The van der Waals surface area contributed by atoms with Crippen LogP contribution in [0.4, 0.5) is 0 Å². The Bertz CT molecular complexity index is 233. The van der Waals surface area contributed by atoms with Gasteiger partial charge in [-0.1, -0.05) is 47.0 Å². The van der Waals surface area contributed by atoms with Crippen molar-refractivity contribution in [3.05, 3.63) is 25.3 Å². The molecule has 0 fully saturated rings. The quantitative estimate of drug-likeness (QED) is 0.420. The van der Waals surface area contributed by atoms with Crippen LogP contribution in [0.1, 0.15) is 0 Å². The molecule has 0 aliphatic carbocycles. The minimum atomic E-state index is -3.78. The van der Waals surface area contributed by atoms with E-state index in [1.165, 1.54) is 12.2 Å². The summed E-state index contributed by atoms with van der Waals surface area (Å²) in [6.07, 6.45) is 2.75. The van der Waals surface area contributed by atoms with E-state index in [0.717, 1.165) is 0 Å². The highest BCUT2D eigenvalue weighted by Gasteiger charge is 2.47. The fraction of sp³-hybridized carbons (Fsp3) is 0.429. The molecule has 0 saturated heterocycles. The topological polar surface area (TPSA) is 35.5 Å². The van der Waals surface area contributed by atoms with Crippen molar-refractivity contribution in [1.29, 1.82) is 0 Å². The molecule has 82 valence electrons. The van der Waals surface area contributed by atoms with Crippen LogP contribution in [-0.2, 0) is 13.6 Å². The van der Waals surface area contributed by atoms with Crippen LogP contribution in [-0.4, -0.2) is 16.7 Å². The molecule has 7 heteroatoms. The smallest absolute Gasteiger partial charge is 0.301 e. The van der Waals surface area contributed by atoms with Crippen LogP contribution < -0.4 is 0 Å². The van der Waals surface area contributed by atoms with Gasteiger partial charge in [0.05, 0.1) is 13.2 Å². The molecule has 0 bridgehead atoms. The molecule has 0 spiro atoms. The van der Waals surface area contributed by atoms with Gasteiger partial charge in [-0.3, -0.25) is 4.57 Å². The number of alkyl halides is 3. The summed E-state index contributed by atoms with van der Waals surface area (Å²) in [7, 11) is -3.78. The van der Waals surface area contributed by atoms with Gasteiger partial charge in [0.15, 0.2) is 0 Å². The lowest BCUT2D eigenvalue weighted by Crippen LogP contribution is -2.10. The van der Waals surface area contributed by atoms with Crippen LogP contribution in [0.3, 0.4) is 0 Å². The lowest BCUT2D eigenvalue weighted by Gasteiger charge is -2.22. The molecule has 0 amide bonds. The summed E-state index contributed by atoms with van der Waals surface area (Å²) < 4.78 is 19.3. The van der Waals surface area contributed by atoms with E-state index in [1.54, 1.807) is 0 Å². The predicted octanol–water partition coefficient (Wildman–Crippen LogP) is 3.91. The molecule has 0 heterocycles. The lowest BCUT2D eigenvalue weighted by atomic mass is 10.7. The maximum Gasteiger partial charge on any atom is 0.382 e. The third kappa shape index (κ3) is 4.35. The first-order valence-corrected chi connectivity index (χ1v) is 6.23. The van der Waals surface area contributed by atoms with E-state index in [4.69, 9.17) is 43.9 Å². The van der Waals surface area contributed by atoms with Crippen LogP contribution >= 0.6 is 42.4 Å². The Morgan fingerprint density at radius 2 is 1.50 bits per heavy atom. The molecule has 0 radical (unpaired) electrons. The largest absolute Gasteiger partial charge is 0.382 e. The minimum Gasteiger partial charge on any atom is -0.301 e. The summed E-state index contributed by atoms with van der Waals surface area (Å²) in [4.78, 5) is 0. The van der Waals surface area contributed by atoms with Crippen LogP contribution in [0.25, 0.3) is 0 Å². The monoisotopic (exact) mass is 278 g/mol. The zero-order valence-electron chi connectivity index (χ0n) is 7.29. The molecule has 0 saturated carbocycles. The Hall–Kier alpha value is 0.500. The van der Waals surface area contributed by atoms with Gasteiger partial charge in [-0.05, 0) is 0 Å². The van der Waals surface area contributed by atoms with Crippen molar-refractivity contribution in [2.24, 2.45) is 0 Å². The molecule has 3 nitrogen and oxygen atoms in total. The first-order chi connectivity index (χ1) is 6.37. The lowest BCUT2D eigenvalue weighted by molar-refractivity contribution is 0.237. The summed E-state index contributed by atoms with van der Waals surface area (Å²) in [6.45, 7) is 6.70. The summed E-state index contributed by atoms with van der Waals surface area (Å²) in [5, 5.41) is 0. The van der Waals surface area contributed by atoms with Gasteiger partial charge in [-0.15, -0.1) is 13.2 Å². The number of hydrogen-bond donors (Lipinski definition) is 0. The van der Waals surface area contributed by atoms with Crippen LogP contribution in [0, 0.1) is 0 Å². The van der Waals surface area contributed by atoms with Crippen LogP contribution in [0.15, 0.2) is 25.3 Å². The molecule has 0 N–H and O–H groups in total. The second kappa shape index (κ2) is 6.16. The zero-order valence-corrected chi connectivity index (χ0v) is 10.5. The van der Waals surface area contributed by atoms with Crippen LogP contribution in [0.5, 0.6) is 0 Å². The van der Waals surface area contributed by atoms with E-state index in [1.807, 2.05) is 0 Å². The molecule has 0 aromatic carbocycles. The third-order valence-corrected chi connectivity index (χ3v) is 4.50. The minimum absolute atomic E-state index is 0.0255. The van der Waals surface area contributed by atoms with E-state index in [2.05, 4.69) is 13.2 Å².